The molecular weight excluding hydrogens is 316 g/mol. The van der Waals surface area contributed by atoms with Crippen LogP contribution in [0.4, 0.5) is 5.69 Å². The number of hydrogen-bond acceptors (Lipinski definition) is 5. The minimum atomic E-state index is -0.0843. The lowest BCUT2D eigenvalue weighted by Crippen LogP contribution is -2.04. The molecule has 25 heavy (non-hydrogen) atoms. The highest BCUT2D eigenvalue weighted by Crippen LogP contribution is 2.20. The summed E-state index contributed by atoms with van der Waals surface area (Å²) in [5, 5.41) is 3.19. The lowest BCUT2D eigenvalue weighted by atomic mass is 10.0. The molecule has 0 bridgehead atoms. The molecule has 0 aliphatic heterocycles. The van der Waals surface area contributed by atoms with E-state index in [0.29, 0.717) is 29.2 Å². The summed E-state index contributed by atoms with van der Waals surface area (Å²) in [6, 6.07) is 14.7. The minimum Gasteiger partial charge on any atom is -0.444 e. The van der Waals surface area contributed by atoms with Gasteiger partial charge in [-0.15, -0.1) is 0 Å². The van der Waals surface area contributed by atoms with Crippen molar-refractivity contribution in [3.8, 4) is 11.5 Å². The molecule has 126 valence electrons. The van der Waals surface area contributed by atoms with E-state index in [1.807, 2.05) is 30.3 Å². The van der Waals surface area contributed by atoms with E-state index in [4.69, 9.17) is 4.42 Å². The Kier molecular flexibility index (Phi) is 4.75. The van der Waals surface area contributed by atoms with Crippen molar-refractivity contribution in [2.75, 3.05) is 5.32 Å². The van der Waals surface area contributed by atoms with Gasteiger partial charge in [0.05, 0.1) is 12.2 Å². The van der Waals surface area contributed by atoms with Crippen LogP contribution in [0.15, 0.2) is 59.2 Å². The molecule has 0 atom stereocenters. The normalized spacial score (nSPS) is 10.5. The van der Waals surface area contributed by atoms with Crippen LogP contribution in [-0.4, -0.2) is 16.6 Å². The van der Waals surface area contributed by atoms with E-state index < -0.39 is 0 Å². The highest BCUT2D eigenvalue weighted by Gasteiger charge is 2.09. The fourth-order valence-electron chi connectivity index (χ4n) is 2.43. The molecule has 2 aromatic carbocycles. The maximum absolute atomic E-state index is 11.6. The fourth-order valence-corrected chi connectivity index (χ4v) is 2.43. The second kappa shape index (κ2) is 7.13. The Morgan fingerprint density at radius 2 is 1.64 bits per heavy atom. The fraction of sp³-hybridized carbons (Fsp3) is 0.150. The Morgan fingerprint density at radius 1 is 1.00 bits per heavy atom. The Bertz CT molecular complexity index is 881. The number of oxazole rings is 1. The summed E-state index contributed by atoms with van der Waals surface area (Å²) in [6.07, 6.45) is 1.59. The topological polar surface area (TPSA) is 72.2 Å². The lowest BCUT2D eigenvalue weighted by Gasteiger charge is -2.08. The van der Waals surface area contributed by atoms with Gasteiger partial charge >= 0.3 is 0 Å². The molecule has 5 nitrogen and oxygen atoms in total. The molecular formula is C20H18N2O3. The van der Waals surface area contributed by atoms with E-state index in [2.05, 4.69) is 10.3 Å². The van der Waals surface area contributed by atoms with Crippen LogP contribution in [0.1, 0.15) is 40.3 Å². The third-order valence-corrected chi connectivity index (χ3v) is 3.79. The molecule has 0 unspecified atom stereocenters. The third-order valence-electron chi connectivity index (χ3n) is 3.79. The van der Waals surface area contributed by atoms with Crippen LogP contribution in [0.2, 0.25) is 0 Å². The number of hydrogen-bond donors (Lipinski definition) is 1. The van der Waals surface area contributed by atoms with Gasteiger partial charge in [0.2, 0.25) is 5.89 Å². The van der Waals surface area contributed by atoms with E-state index in [9.17, 15) is 9.59 Å². The van der Waals surface area contributed by atoms with Gasteiger partial charge in [-0.25, -0.2) is 4.98 Å². The van der Waals surface area contributed by atoms with Crippen LogP contribution >= 0.6 is 0 Å². The maximum Gasteiger partial charge on any atom is 0.226 e. The van der Waals surface area contributed by atoms with Crippen LogP contribution in [-0.2, 0) is 6.54 Å². The maximum atomic E-state index is 11.6. The number of ketones is 2. The van der Waals surface area contributed by atoms with Crippen LogP contribution in [0, 0.1) is 0 Å². The molecule has 1 aromatic heterocycles. The van der Waals surface area contributed by atoms with Gasteiger partial charge in [0.15, 0.2) is 11.6 Å². The number of nitrogens with zero attached hydrogens (tertiary/aromatic N) is 1. The van der Waals surface area contributed by atoms with Crippen molar-refractivity contribution in [1.29, 1.82) is 0 Å². The first-order valence-corrected chi connectivity index (χ1v) is 7.93. The van der Waals surface area contributed by atoms with Crippen LogP contribution in [0.3, 0.4) is 0 Å². The Hall–Kier alpha value is -3.21. The highest BCUT2D eigenvalue weighted by molar-refractivity contribution is 6.01. The molecule has 0 aliphatic carbocycles. The first-order valence-electron chi connectivity index (χ1n) is 7.93. The Labute approximate surface area is 145 Å². The Morgan fingerprint density at radius 3 is 2.24 bits per heavy atom. The monoisotopic (exact) mass is 334 g/mol. The van der Waals surface area contributed by atoms with Crippen molar-refractivity contribution in [3.63, 3.8) is 0 Å². The van der Waals surface area contributed by atoms with Crippen LogP contribution < -0.4 is 5.32 Å². The molecule has 5 heteroatoms. The standard InChI is InChI=1S/C20H18N2O3/c1-13(23)16-8-17(14(2)24)10-18(9-16)21-11-19-12-25-20(22-19)15-6-4-3-5-7-15/h3-10,12,21H,11H2,1-2H3. The summed E-state index contributed by atoms with van der Waals surface area (Å²) in [5.41, 5.74) is 3.34. The molecule has 0 spiro atoms. The number of anilines is 1. The SMILES string of the molecule is CC(=O)c1cc(NCc2coc(-c3ccccc3)n2)cc(C(C)=O)c1. The van der Waals surface area contributed by atoms with Crippen molar-refractivity contribution in [1.82, 2.24) is 4.98 Å². The minimum absolute atomic E-state index is 0.0843. The van der Waals surface area contributed by atoms with Gasteiger partial charge in [-0.05, 0) is 44.2 Å². The number of carbonyl (C=O) groups is 2. The molecule has 0 saturated heterocycles. The summed E-state index contributed by atoms with van der Waals surface area (Å²) in [5.74, 6) is 0.386. The van der Waals surface area contributed by atoms with Crippen molar-refractivity contribution in [2.45, 2.75) is 20.4 Å². The number of aromatic nitrogens is 1. The van der Waals surface area contributed by atoms with E-state index in [-0.39, 0.29) is 11.6 Å². The average Bonchev–Trinajstić information content (AvgIpc) is 3.09. The molecule has 3 aromatic rings. The second-order valence-corrected chi connectivity index (χ2v) is 5.77. The molecule has 0 amide bonds. The third kappa shape index (κ3) is 4.01. The zero-order valence-corrected chi connectivity index (χ0v) is 14.1. The van der Waals surface area contributed by atoms with Crippen LogP contribution in [0.5, 0.6) is 0 Å². The number of rotatable bonds is 6. The Balaban J connectivity index is 1.77. The van der Waals surface area contributed by atoms with Crippen molar-refractivity contribution >= 4 is 17.3 Å². The average molecular weight is 334 g/mol. The van der Waals surface area contributed by atoms with E-state index in [1.165, 1.54) is 13.8 Å². The van der Waals surface area contributed by atoms with Gasteiger partial charge in [-0.2, -0.15) is 0 Å². The number of carbonyl (C=O) groups excluding carboxylic acids is 2. The first kappa shape index (κ1) is 16.6. The molecule has 0 fully saturated rings. The highest BCUT2D eigenvalue weighted by atomic mass is 16.3. The van der Waals surface area contributed by atoms with Crippen molar-refractivity contribution < 1.29 is 14.0 Å². The summed E-state index contributed by atoms with van der Waals surface area (Å²) in [7, 11) is 0. The largest absolute Gasteiger partial charge is 0.444 e. The molecule has 0 radical (unpaired) electrons. The molecule has 0 saturated carbocycles. The smallest absolute Gasteiger partial charge is 0.226 e. The zero-order chi connectivity index (χ0) is 17.8. The zero-order valence-electron chi connectivity index (χ0n) is 14.1. The van der Waals surface area contributed by atoms with Gasteiger partial charge in [0.25, 0.3) is 0 Å². The lowest BCUT2D eigenvalue weighted by molar-refractivity contribution is 0.101. The van der Waals surface area contributed by atoms with Crippen LogP contribution in [0.25, 0.3) is 11.5 Å². The van der Waals surface area contributed by atoms with Gasteiger partial charge < -0.3 is 9.73 Å². The molecule has 1 N–H and O–H groups in total. The summed E-state index contributed by atoms with van der Waals surface area (Å²) in [6.45, 7) is 3.38. The summed E-state index contributed by atoms with van der Waals surface area (Å²) < 4.78 is 5.50. The van der Waals surface area contributed by atoms with Crippen molar-refractivity contribution in [3.05, 3.63) is 71.6 Å². The number of nitrogens with one attached hydrogen (secondary N) is 1. The summed E-state index contributed by atoms with van der Waals surface area (Å²) >= 11 is 0. The first-order chi connectivity index (χ1) is 12.0. The van der Waals surface area contributed by atoms with Gasteiger partial charge in [0.1, 0.15) is 6.26 Å². The van der Waals surface area contributed by atoms with Gasteiger partial charge in [-0.3, -0.25) is 9.59 Å². The number of benzene rings is 2. The second-order valence-electron chi connectivity index (χ2n) is 5.77. The predicted molar refractivity (Wildman–Crippen MR) is 95.7 cm³/mol. The van der Waals surface area contributed by atoms with E-state index in [0.717, 1.165) is 11.3 Å². The van der Waals surface area contributed by atoms with E-state index >= 15 is 0 Å². The van der Waals surface area contributed by atoms with Gasteiger partial charge in [0, 0.05) is 22.4 Å². The van der Waals surface area contributed by atoms with E-state index in [1.54, 1.807) is 24.5 Å². The summed E-state index contributed by atoms with van der Waals surface area (Å²) in [4.78, 5) is 27.7. The quantitative estimate of drug-likeness (QED) is 0.678. The molecule has 1 heterocycles. The molecule has 0 aliphatic rings. The molecule has 3 rings (SSSR count). The predicted octanol–water partition coefficient (Wildman–Crippen LogP) is 4.36. The van der Waals surface area contributed by atoms with Gasteiger partial charge in [-0.1, -0.05) is 18.2 Å². The van der Waals surface area contributed by atoms with Crippen molar-refractivity contribution in [2.24, 2.45) is 0 Å². The number of Topliss-reactive ketones (excluding diaryl/α,β-unsaturated/α-hetero) is 2.